The van der Waals surface area contributed by atoms with Crippen molar-refractivity contribution in [2.24, 2.45) is 5.73 Å². The number of halogens is 5. The van der Waals surface area contributed by atoms with Gasteiger partial charge in [-0.2, -0.15) is 18.3 Å². The Balaban J connectivity index is 2.03. The number of hydrogen-bond donors (Lipinski definition) is 2. The molecule has 3 aromatic rings. The molecule has 31 heavy (non-hydrogen) atoms. The molecule has 1 atom stereocenters. The fraction of sp³-hybridized carbons (Fsp3) is 0.333. The van der Waals surface area contributed by atoms with Crippen LogP contribution >= 0.6 is 11.3 Å². The van der Waals surface area contributed by atoms with Gasteiger partial charge in [0.15, 0.2) is 5.69 Å². The van der Waals surface area contributed by atoms with Gasteiger partial charge in [0.1, 0.15) is 21.4 Å². The summed E-state index contributed by atoms with van der Waals surface area (Å²) in [5.41, 5.74) is 4.10. The van der Waals surface area contributed by atoms with E-state index in [4.69, 9.17) is 5.73 Å². The predicted molar refractivity (Wildman–Crippen MR) is 103 cm³/mol. The van der Waals surface area contributed by atoms with Crippen LogP contribution in [0.5, 0.6) is 0 Å². The van der Waals surface area contributed by atoms with Crippen molar-refractivity contribution in [3.63, 3.8) is 0 Å². The molecule has 1 unspecified atom stereocenters. The molecule has 3 rings (SSSR count). The molecule has 166 valence electrons. The van der Waals surface area contributed by atoms with Crippen LogP contribution in [0.2, 0.25) is 0 Å². The number of pyridine rings is 1. The molecule has 7 nitrogen and oxygen atoms in total. The van der Waals surface area contributed by atoms with E-state index in [1.54, 1.807) is 0 Å². The minimum atomic E-state index is -4.68. The lowest BCUT2D eigenvalue weighted by Crippen LogP contribution is -2.26. The average molecular weight is 461 g/mol. The summed E-state index contributed by atoms with van der Waals surface area (Å²) in [5, 5.41) is 6.17. The van der Waals surface area contributed by atoms with Crippen molar-refractivity contribution >= 4 is 39.1 Å². The standard InChI is InChI=1S/C18H16F5N5O2S/c1-6-4-9(14(19)20)25-17-11(6)12(13(31-17)15(24)29)26-16(30)8(3)28-7(2)5-10(27-28)18(21,22)23/h4-5,8,14H,1-3H3,(H2,24,29)(H,26,30). The van der Waals surface area contributed by atoms with Gasteiger partial charge in [0.25, 0.3) is 12.3 Å². The number of aryl methyl sites for hydroxylation is 2. The van der Waals surface area contributed by atoms with Crippen LogP contribution < -0.4 is 11.1 Å². The first-order chi connectivity index (χ1) is 14.3. The predicted octanol–water partition coefficient (Wildman–Crippen LogP) is 4.36. The Bertz CT molecular complexity index is 1180. The van der Waals surface area contributed by atoms with Gasteiger partial charge in [-0.25, -0.2) is 13.8 Å². The molecule has 13 heteroatoms. The topological polar surface area (TPSA) is 103 Å². The van der Waals surface area contributed by atoms with E-state index in [9.17, 15) is 31.5 Å². The van der Waals surface area contributed by atoms with E-state index in [0.29, 0.717) is 5.56 Å². The summed E-state index contributed by atoms with van der Waals surface area (Å²) in [6.45, 7) is 4.19. The van der Waals surface area contributed by atoms with E-state index in [0.717, 1.165) is 28.2 Å². The zero-order valence-electron chi connectivity index (χ0n) is 16.3. The summed E-state index contributed by atoms with van der Waals surface area (Å²) in [4.78, 5) is 28.4. The number of thiophene rings is 1. The van der Waals surface area contributed by atoms with Gasteiger partial charge in [0.05, 0.1) is 5.69 Å². The molecule has 0 bridgehead atoms. The van der Waals surface area contributed by atoms with Gasteiger partial charge in [-0.1, -0.05) is 0 Å². The number of fused-ring (bicyclic) bond motifs is 1. The third kappa shape index (κ3) is 4.22. The van der Waals surface area contributed by atoms with Crippen molar-refractivity contribution < 1.29 is 31.5 Å². The van der Waals surface area contributed by atoms with Crippen molar-refractivity contribution in [2.75, 3.05) is 5.32 Å². The molecule has 0 saturated carbocycles. The van der Waals surface area contributed by atoms with E-state index in [-0.39, 0.29) is 26.5 Å². The molecule has 3 aromatic heterocycles. The molecule has 3 N–H and O–H groups in total. The van der Waals surface area contributed by atoms with E-state index in [2.05, 4.69) is 15.4 Å². The quantitative estimate of drug-likeness (QED) is 0.551. The largest absolute Gasteiger partial charge is 0.435 e. The van der Waals surface area contributed by atoms with Crippen LogP contribution in [0.4, 0.5) is 27.6 Å². The van der Waals surface area contributed by atoms with E-state index >= 15 is 0 Å². The molecular weight excluding hydrogens is 445 g/mol. The number of carbonyl (C=O) groups is 2. The molecule has 0 fully saturated rings. The maximum Gasteiger partial charge on any atom is 0.435 e. The van der Waals surface area contributed by atoms with Crippen LogP contribution in [0.15, 0.2) is 12.1 Å². The number of primary amides is 1. The van der Waals surface area contributed by atoms with Crippen LogP contribution in [-0.2, 0) is 11.0 Å². The van der Waals surface area contributed by atoms with Crippen LogP contribution in [0.3, 0.4) is 0 Å². The van der Waals surface area contributed by atoms with Crippen molar-refractivity contribution in [3.05, 3.63) is 39.7 Å². The minimum absolute atomic E-state index is 0.0315. The van der Waals surface area contributed by atoms with Gasteiger partial charge in [0.2, 0.25) is 5.91 Å². The van der Waals surface area contributed by atoms with Crippen molar-refractivity contribution in [2.45, 2.75) is 39.4 Å². The fourth-order valence-corrected chi connectivity index (χ4v) is 4.13. The lowest BCUT2D eigenvalue weighted by molar-refractivity contribution is -0.141. The number of aromatic nitrogens is 3. The van der Waals surface area contributed by atoms with Crippen molar-refractivity contribution in [3.8, 4) is 0 Å². The van der Waals surface area contributed by atoms with Crippen LogP contribution in [-0.4, -0.2) is 26.6 Å². The Kier molecular flexibility index (Phi) is 5.74. The second-order valence-electron chi connectivity index (χ2n) is 6.79. The second-order valence-corrected chi connectivity index (χ2v) is 7.79. The van der Waals surface area contributed by atoms with E-state index < -0.39 is 41.8 Å². The first-order valence-corrected chi connectivity index (χ1v) is 9.59. The second kappa shape index (κ2) is 7.87. The Hall–Kier alpha value is -3.09. The smallest absolute Gasteiger partial charge is 0.365 e. The molecule has 0 aliphatic heterocycles. The molecule has 0 spiro atoms. The number of nitrogens with zero attached hydrogens (tertiary/aromatic N) is 3. The molecule has 0 aliphatic rings. The molecule has 2 amide bonds. The highest BCUT2D eigenvalue weighted by Crippen LogP contribution is 2.38. The molecule has 0 aromatic carbocycles. The average Bonchev–Trinajstić information content (AvgIpc) is 3.22. The summed E-state index contributed by atoms with van der Waals surface area (Å²) in [6.07, 6.45) is -7.52. The highest BCUT2D eigenvalue weighted by molar-refractivity contribution is 7.21. The van der Waals surface area contributed by atoms with Crippen LogP contribution in [0.25, 0.3) is 10.2 Å². The Morgan fingerprint density at radius 3 is 2.39 bits per heavy atom. The van der Waals surface area contributed by atoms with Crippen molar-refractivity contribution in [1.29, 1.82) is 0 Å². The number of rotatable bonds is 5. The SMILES string of the molecule is Cc1cc(C(F)F)nc2sc(C(N)=O)c(NC(=O)C(C)n3nc(C(F)(F)F)cc3C)c12. The number of hydrogen-bond acceptors (Lipinski definition) is 5. The molecular formula is C18H16F5N5O2S. The summed E-state index contributed by atoms with van der Waals surface area (Å²) in [7, 11) is 0. The molecule has 0 aliphatic carbocycles. The minimum Gasteiger partial charge on any atom is -0.365 e. The number of anilines is 1. The monoisotopic (exact) mass is 461 g/mol. The first-order valence-electron chi connectivity index (χ1n) is 8.77. The highest BCUT2D eigenvalue weighted by Gasteiger charge is 2.35. The molecule has 0 radical (unpaired) electrons. The third-order valence-corrected chi connectivity index (χ3v) is 5.63. The normalized spacial score (nSPS) is 13.1. The molecule has 0 saturated heterocycles. The maximum absolute atomic E-state index is 13.1. The number of nitrogens with one attached hydrogen (secondary N) is 1. The lowest BCUT2D eigenvalue weighted by atomic mass is 10.1. The van der Waals surface area contributed by atoms with Crippen LogP contribution in [0.1, 0.15) is 51.7 Å². The summed E-state index contributed by atoms with van der Waals surface area (Å²) in [6, 6.07) is 0.746. The zero-order chi connectivity index (χ0) is 23.2. The van der Waals surface area contributed by atoms with Gasteiger partial charge < -0.3 is 11.1 Å². The summed E-state index contributed by atoms with van der Waals surface area (Å²) in [5.74, 6) is -1.70. The Labute approximate surface area is 176 Å². The number of amides is 2. The van der Waals surface area contributed by atoms with E-state index in [1.807, 2.05) is 0 Å². The van der Waals surface area contributed by atoms with Gasteiger partial charge in [-0.05, 0) is 38.5 Å². The summed E-state index contributed by atoms with van der Waals surface area (Å²) < 4.78 is 65.8. The number of alkyl halides is 5. The fourth-order valence-electron chi connectivity index (χ4n) is 3.07. The first kappa shape index (κ1) is 22.6. The van der Waals surface area contributed by atoms with Gasteiger partial charge in [-0.3, -0.25) is 14.3 Å². The summed E-state index contributed by atoms with van der Waals surface area (Å²) >= 11 is 0.733. The highest BCUT2D eigenvalue weighted by atomic mass is 32.1. The third-order valence-electron chi connectivity index (χ3n) is 4.53. The van der Waals surface area contributed by atoms with Gasteiger partial charge in [-0.15, -0.1) is 11.3 Å². The molecule has 3 heterocycles. The van der Waals surface area contributed by atoms with Gasteiger partial charge >= 0.3 is 6.18 Å². The zero-order valence-corrected chi connectivity index (χ0v) is 17.2. The number of carbonyl (C=O) groups excluding carboxylic acids is 2. The van der Waals surface area contributed by atoms with Crippen LogP contribution in [0, 0.1) is 13.8 Å². The van der Waals surface area contributed by atoms with Crippen molar-refractivity contribution in [1.82, 2.24) is 14.8 Å². The lowest BCUT2D eigenvalue weighted by Gasteiger charge is -2.15. The Morgan fingerprint density at radius 1 is 1.23 bits per heavy atom. The number of nitrogens with two attached hydrogens (primary N) is 1. The van der Waals surface area contributed by atoms with Gasteiger partial charge in [0, 0.05) is 11.1 Å². The Morgan fingerprint density at radius 2 is 1.87 bits per heavy atom. The maximum atomic E-state index is 13.1. The van der Waals surface area contributed by atoms with E-state index in [1.165, 1.54) is 20.8 Å².